The quantitative estimate of drug-likeness (QED) is 0.903. The van der Waals surface area contributed by atoms with Crippen LogP contribution in [-0.4, -0.2) is 52.5 Å². The molecule has 1 aromatic rings. The number of benzene rings is 1. The summed E-state index contributed by atoms with van der Waals surface area (Å²) < 4.78 is 0. The zero-order chi connectivity index (χ0) is 16.1. The van der Waals surface area contributed by atoms with E-state index < -0.39 is 12.0 Å². The summed E-state index contributed by atoms with van der Waals surface area (Å²) in [6.45, 7) is 3.15. The maximum absolute atomic E-state index is 12.7. The summed E-state index contributed by atoms with van der Waals surface area (Å²) in [5.41, 5.74) is 1.18. The predicted molar refractivity (Wildman–Crippen MR) is 84.4 cm³/mol. The largest absolute Gasteiger partial charge is 0.480 e. The SMILES string of the molecule is C[C@@H](C(=O)O)N(C)C(=O)[C@@H]1CCCCN1Cc1ccccc1. The van der Waals surface area contributed by atoms with Crippen molar-refractivity contribution in [1.29, 1.82) is 0 Å². The molecule has 1 saturated heterocycles. The van der Waals surface area contributed by atoms with Crippen molar-refractivity contribution in [3.8, 4) is 0 Å². The van der Waals surface area contributed by atoms with Gasteiger partial charge in [0, 0.05) is 13.6 Å². The van der Waals surface area contributed by atoms with E-state index in [2.05, 4.69) is 17.0 Å². The third-order valence-corrected chi connectivity index (χ3v) is 4.41. The molecule has 1 aromatic carbocycles. The normalized spacial score (nSPS) is 20.4. The van der Waals surface area contributed by atoms with Crippen molar-refractivity contribution in [3.05, 3.63) is 35.9 Å². The lowest BCUT2D eigenvalue weighted by Gasteiger charge is -2.37. The molecule has 22 heavy (non-hydrogen) atoms. The number of carboxylic acids is 1. The molecule has 0 aliphatic carbocycles. The highest BCUT2D eigenvalue weighted by atomic mass is 16.4. The summed E-state index contributed by atoms with van der Waals surface area (Å²) in [7, 11) is 1.58. The molecule has 2 rings (SSSR count). The van der Waals surface area contributed by atoms with Gasteiger partial charge in [-0.15, -0.1) is 0 Å². The Bertz CT molecular complexity index is 518. The number of hydrogen-bond acceptors (Lipinski definition) is 3. The van der Waals surface area contributed by atoms with Crippen molar-refractivity contribution in [2.24, 2.45) is 0 Å². The van der Waals surface area contributed by atoms with Crippen LogP contribution >= 0.6 is 0 Å². The minimum Gasteiger partial charge on any atom is -0.480 e. The lowest BCUT2D eigenvalue weighted by molar-refractivity contribution is -0.151. The van der Waals surface area contributed by atoms with Crippen molar-refractivity contribution in [3.63, 3.8) is 0 Å². The van der Waals surface area contributed by atoms with Crippen LogP contribution < -0.4 is 0 Å². The number of carboxylic acid groups (broad SMARTS) is 1. The van der Waals surface area contributed by atoms with Gasteiger partial charge >= 0.3 is 5.97 Å². The Morgan fingerprint density at radius 1 is 1.32 bits per heavy atom. The summed E-state index contributed by atoms with van der Waals surface area (Å²) in [6, 6.07) is 9.06. The molecule has 5 heteroatoms. The van der Waals surface area contributed by atoms with E-state index in [1.807, 2.05) is 18.2 Å². The average Bonchev–Trinajstić information content (AvgIpc) is 2.54. The Kier molecular flexibility index (Phi) is 5.55. The molecule has 2 atom stereocenters. The zero-order valence-electron chi connectivity index (χ0n) is 13.2. The van der Waals surface area contributed by atoms with Crippen molar-refractivity contribution >= 4 is 11.9 Å². The van der Waals surface area contributed by atoms with E-state index in [-0.39, 0.29) is 11.9 Å². The third-order valence-electron chi connectivity index (χ3n) is 4.41. The van der Waals surface area contributed by atoms with Gasteiger partial charge in [-0.05, 0) is 31.9 Å². The van der Waals surface area contributed by atoms with Gasteiger partial charge in [-0.3, -0.25) is 9.69 Å². The van der Waals surface area contributed by atoms with Crippen LogP contribution in [0.15, 0.2) is 30.3 Å². The molecule has 1 amide bonds. The smallest absolute Gasteiger partial charge is 0.326 e. The minimum absolute atomic E-state index is 0.0921. The predicted octanol–water partition coefficient (Wildman–Crippen LogP) is 1.97. The van der Waals surface area contributed by atoms with Gasteiger partial charge in [0.2, 0.25) is 5.91 Å². The van der Waals surface area contributed by atoms with Gasteiger partial charge < -0.3 is 10.0 Å². The number of carbonyl (C=O) groups excluding carboxylic acids is 1. The second kappa shape index (κ2) is 7.40. The van der Waals surface area contributed by atoms with Crippen LogP contribution in [0, 0.1) is 0 Å². The van der Waals surface area contributed by atoms with E-state index >= 15 is 0 Å². The van der Waals surface area contributed by atoms with Crippen LogP contribution in [-0.2, 0) is 16.1 Å². The second-order valence-electron chi connectivity index (χ2n) is 5.93. The first-order valence-electron chi connectivity index (χ1n) is 7.78. The van der Waals surface area contributed by atoms with Crippen LogP contribution in [0.4, 0.5) is 0 Å². The molecule has 0 spiro atoms. The Balaban J connectivity index is 2.09. The first-order chi connectivity index (χ1) is 10.5. The molecule has 5 nitrogen and oxygen atoms in total. The first kappa shape index (κ1) is 16.5. The summed E-state index contributed by atoms with van der Waals surface area (Å²) in [4.78, 5) is 27.3. The van der Waals surface area contributed by atoms with E-state index in [1.165, 1.54) is 10.5 Å². The van der Waals surface area contributed by atoms with Crippen molar-refractivity contribution < 1.29 is 14.7 Å². The van der Waals surface area contributed by atoms with Crippen LogP contribution in [0.5, 0.6) is 0 Å². The third kappa shape index (κ3) is 3.85. The van der Waals surface area contributed by atoms with Crippen LogP contribution in [0.1, 0.15) is 31.7 Å². The second-order valence-corrected chi connectivity index (χ2v) is 5.93. The van der Waals surface area contributed by atoms with Gasteiger partial charge in [0.1, 0.15) is 6.04 Å². The fraction of sp³-hybridized carbons (Fsp3) is 0.529. The molecule has 0 radical (unpaired) electrons. The van der Waals surface area contributed by atoms with Crippen molar-refractivity contribution in [2.45, 2.75) is 44.8 Å². The van der Waals surface area contributed by atoms with Crippen LogP contribution in [0.3, 0.4) is 0 Å². The maximum atomic E-state index is 12.7. The molecule has 0 aromatic heterocycles. The summed E-state index contributed by atoms with van der Waals surface area (Å²) in [5, 5.41) is 9.09. The highest BCUT2D eigenvalue weighted by molar-refractivity contribution is 5.86. The molecule has 1 aliphatic rings. The zero-order valence-corrected chi connectivity index (χ0v) is 13.2. The Morgan fingerprint density at radius 2 is 2.00 bits per heavy atom. The number of likely N-dealkylation sites (tertiary alicyclic amines) is 1. The topological polar surface area (TPSA) is 60.9 Å². The number of hydrogen-bond donors (Lipinski definition) is 1. The van der Waals surface area contributed by atoms with Crippen molar-refractivity contribution in [2.75, 3.05) is 13.6 Å². The van der Waals surface area contributed by atoms with Crippen molar-refractivity contribution in [1.82, 2.24) is 9.80 Å². The molecule has 0 unspecified atom stereocenters. The van der Waals surface area contributed by atoms with Crippen LogP contribution in [0.2, 0.25) is 0 Å². The fourth-order valence-corrected chi connectivity index (χ4v) is 2.87. The summed E-state index contributed by atoms with van der Waals surface area (Å²) >= 11 is 0. The van der Waals surface area contributed by atoms with E-state index in [0.29, 0.717) is 0 Å². The molecule has 1 aliphatic heterocycles. The minimum atomic E-state index is -0.971. The van der Waals surface area contributed by atoms with Gasteiger partial charge in [0.05, 0.1) is 6.04 Å². The Labute approximate surface area is 131 Å². The highest BCUT2D eigenvalue weighted by Gasteiger charge is 2.33. The molecule has 0 bridgehead atoms. The van der Waals surface area contributed by atoms with Gasteiger partial charge in [0.15, 0.2) is 0 Å². The average molecular weight is 304 g/mol. The Morgan fingerprint density at radius 3 is 2.64 bits per heavy atom. The Hall–Kier alpha value is -1.88. The van der Waals surface area contributed by atoms with E-state index in [9.17, 15) is 9.59 Å². The van der Waals surface area contributed by atoms with Gasteiger partial charge in [-0.25, -0.2) is 4.79 Å². The van der Waals surface area contributed by atoms with Crippen LogP contribution in [0.25, 0.3) is 0 Å². The molecule has 0 saturated carbocycles. The molecule has 1 heterocycles. The monoisotopic (exact) mass is 304 g/mol. The number of amides is 1. The fourth-order valence-electron chi connectivity index (χ4n) is 2.87. The van der Waals surface area contributed by atoms with E-state index in [1.54, 1.807) is 14.0 Å². The first-order valence-corrected chi connectivity index (χ1v) is 7.78. The standard InChI is InChI=1S/C17H24N2O3/c1-13(17(21)22)18(2)16(20)15-10-6-7-11-19(15)12-14-8-4-3-5-9-14/h3-5,8-9,13,15H,6-7,10-12H2,1-2H3,(H,21,22)/t13-,15-/m0/s1. The number of nitrogens with zero attached hydrogens (tertiary/aromatic N) is 2. The van der Waals surface area contributed by atoms with E-state index in [4.69, 9.17) is 5.11 Å². The summed E-state index contributed by atoms with van der Waals surface area (Å²) in [6.07, 6.45) is 2.88. The number of aliphatic carboxylic acids is 1. The van der Waals surface area contributed by atoms with Gasteiger partial charge in [0.25, 0.3) is 0 Å². The molecular formula is C17H24N2O3. The number of likely N-dealkylation sites (N-methyl/N-ethyl adjacent to an activating group) is 1. The molecule has 1 fully saturated rings. The van der Waals surface area contributed by atoms with E-state index in [0.717, 1.165) is 32.4 Å². The number of carbonyl (C=O) groups is 2. The number of rotatable bonds is 5. The molecule has 1 N–H and O–H groups in total. The summed E-state index contributed by atoms with van der Waals surface area (Å²) in [5.74, 6) is -1.06. The molecule has 120 valence electrons. The molecular weight excluding hydrogens is 280 g/mol. The lowest BCUT2D eigenvalue weighted by Crippen LogP contribution is -2.52. The highest BCUT2D eigenvalue weighted by Crippen LogP contribution is 2.21. The van der Waals surface area contributed by atoms with Gasteiger partial charge in [-0.1, -0.05) is 36.8 Å². The maximum Gasteiger partial charge on any atom is 0.326 e. The lowest BCUT2D eigenvalue weighted by atomic mass is 9.99. The number of piperidine rings is 1. The van der Waals surface area contributed by atoms with Gasteiger partial charge in [-0.2, -0.15) is 0 Å².